The summed E-state index contributed by atoms with van der Waals surface area (Å²) < 4.78 is 2.59. The minimum absolute atomic E-state index is 0.176. The Morgan fingerprint density at radius 2 is 1.88 bits per heavy atom. The van der Waals surface area contributed by atoms with Gasteiger partial charge in [0.15, 0.2) is 0 Å². The number of rotatable bonds is 8. The molecule has 7 heteroatoms. The Bertz CT molecular complexity index is 1470. The number of fused-ring (bicyclic) bond motifs is 2. The summed E-state index contributed by atoms with van der Waals surface area (Å²) in [4.78, 5) is 40.9. The molecule has 0 amide bonds. The smallest absolute Gasteiger partial charge is 0.331 e. The summed E-state index contributed by atoms with van der Waals surface area (Å²) in [5, 5.41) is 10.5. The zero-order chi connectivity index (χ0) is 23.5. The molecule has 0 spiro atoms. The third kappa shape index (κ3) is 4.67. The van der Waals surface area contributed by atoms with Crippen LogP contribution in [0.3, 0.4) is 0 Å². The number of carboxylic acid groups (broad SMARTS) is 1. The molecular formula is C26H27N3O4. The molecule has 2 N–H and O–H groups in total. The summed E-state index contributed by atoms with van der Waals surface area (Å²) in [5.41, 5.74) is 2.29. The average Bonchev–Trinajstić information content (AvgIpc) is 3.19. The molecule has 0 radical (unpaired) electrons. The Balaban J connectivity index is 1.87. The summed E-state index contributed by atoms with van der Waals surface area (Å²) in [5.74, 6) is -0.536. The van der Waals surface area contributed by atoms with E-state index in [9.17, 15) is 14.4 Å². The van der Waals surface area contributed by atoms with E-state index >= 15 is 0 Å². The molecule has 0 aliphatic heterocycles. The molecule has 0 aliphatic carbocycles. The quantitative estimate of drug-likeness (QED) is 0.424. The molecule has 0 aliphatic rings. The van der Waals surface area contributed by atoms with Crippen molar-refractivity contribution in [2.24, 2.45) is 5.92 Å². The molecule has 4 rings (SSSR count). The number of benzene rings is 2. The van der Waals surface area contributed by atoms with Crippen LogP contribution in [0.5, 0.6) is 0 Å². The van der Waals surface area contributed by atoms with Gasteiger partial charge in [-0.1, -0.05) is 50.3 Å². The lowest BCUT2D eigenvalue weighted by molar-refractivity contribution is -0.137. The number of nitrogens with zero attached hydrogens (tertiary/aromatic N) is 2. The Morgan fingerprint density at radius 3 is 2.64 bits per heavy atom. The maximum atomic E-state index is 13.3. The van der Waals surface area contributed by atoms with Gasteiger partial charge in [0.05, 0.1) is 23.9 Å². The number of nitrogens with one attached hydrogen (secondary N) is 1. The fourth-order valence-electron chi connectivity index (χ4n) is 4.01. The molecule has 0 saturated carbocycles. The third-order valence-corrected chi connectivity index (χ3v) is 5.72. The van der Waals surface area contributed by atoms with E-state index in [1.54, 1.807) is 16.7 Å². The van der Waals surface area contributed by atoms with Crippen LogP contribution in [0.15, 0.2) is 64.3 Å². The number of carbonyl (C=O) groups is 1. The first-order valence-corrected chi connectivity index (χ1v) is 11.1. The van der Waals surface area contributed by atoms with Crippen molar-refractivity contribution in [2.45, 2.75) is 39.8 Å². The van der Waals surface area contributed by atoms with E-state index in [2.05, 4.69) is 24.9 Å². The molecule has 170 valence electrons. The maximum absolute atomic E-state index is 13.3. The standard InChI is InChI=1S/C26H27N3O4/c1-17(2)6-5-7-18-10-11-23-21(14-18)25(32)28(13-12-24(30)31)26(33)29(23)16-19-15-27-22-9-4-3-8-20(19)22/h3-5,7-11,14-15,17,27H,6,12-13,16H2,1-2H3,(H,30,31)/b7-5+. The number of aromatic nitrogens is 3. The highest BCUT2D eigenvalue weighted by molar-refractivity contribution is 5.84. The van der Waals surface area contributed by atoms with Crippen molar-refractivity contribution >= 4 is 33.9 Å². The van der Waals surface area contributed by atoms with Gasteiger partial charge in [0, 0.05) is 23.6 Å². The van der Waals surface area contributed by atoms with Gasteiger partial charge in [0.2, 0.25) is 0 Å². The SMILES string of the molecule is CC(C)C/C=C/c1ccc2c(c1)c(=O)n(CCC(=O)O)c(=O)n2Cc1c[nH]c2ccccc12. The fourth-order valence-corrected chi connectivity index (χ4v) is 4.01. The number of allylic oxidation sites excluding steroid dienone is 1. The molecule has 0 fully saturated rings. The number of hydrogen-bond acceptors (Lipinski definition) is 3. The van der Waals surface area contributed by atoms with E-state index in [-0.39, 0.29) is 19.5 Å². The minimum atomic E-state index is -1.06. The lowest BCUT2D eigenvalue weighted by atomic mass is 10.1. The normalized spacial score (nSPS) is 11.8. The number of carboxylic acids is 1. The van der Waals surface area contributed by atoms with Crippen LogP contribution < -0.4 is 11.2 Å². The second-order valence-electron chi connectivity index (χ2n) is 8.64. The first kappa shape index (κ1) is 22.3. The van der Waals surface area contributed by atoms with Crippen LogP contribution in [0, 0.1) is 5.92 Å². The van der Waals surface area contributed by atoms with Crippen molar-refractivity contribution in [3.05, 3.63) is 86.7 Å². The molecule has 2 aromatic carbocycles. The second-order valence-corrected chi connectivity index (χ2v) is 8.64. The van der Waals surface area contributed by atoms with Crippen LogP contribution in [0.1, 0.15) is 37.8 Å². The van der Waals surface area contributed by atoms with Crippen LogP contribution in [0.25, 0.3) is 27.9 Å². The minimum Gasteiger partial charge on any atom is -0.481 e. The first-order chi connectivity index (χ1) is 15.8. The highest BCUT2D eigenvalue weighted by atomic mass is 16.4. The summed E-state index contributed by atoms with van der Waals surface area (Å²) in [6.07, 6.45) is 6.51. The second kappa shape index (κ2) is 9.32. The Kier molecular flexibility index (Phi) is 6.31. The zero-order valence-electron chi connectivity index (χ0n) is 18.7. The van der Waals surface area contributed by atoms with E-state index in [4.69, 9.17) is 5.11 Å². The predicted octanol–water partition coefficient (Wildman–Crippen LogP) is 4.23. The topological polar surface area (TPSA) is 97.1 Å². The van der Waals surface area contributed by atoms with E-state index in [1.165, 1.54) is 0 Å². The Morgan fingerprint density at radius 1 is 1.09 bits per heavy atom. The van der Waals surface area contributed by atoms with Crippen molar-refractivity contribution in [3.63, 3.8) is 0 Å². The van der Waals surface area contributed by atoms with Crippen LogP contribution in [0.2, 0.25) is 0 Å². The van der Waals surface area contributed by atoms with Gasteiger partial charge in [-0.15, -0.1) is 0 Å². The van der Waals surface area contributed by atoms with Gasteiger partial charge in [-0.05, 0) is 41.7 Å². The maximum Gasteiger partial charge on any atom is 0.331 e. The molecule has 7 nitrogen and oxygen atoms in total. The number of H-pyrrole nitrogens is 1. The van der Waals surface area contributed by atoms with Gasteiger partial charge in [-0.25, -0.2) is 4.79 Å². The van der Waals surface area contributed by atoms with Crippen molar-refractivity contribution in [1.29, 1.82) is 0 Å². The molecule has 0 unspecified atom stereocenters. The third-order valence-electron chi connectivity index (χ3n) is 5.72. The molecule has 0 atom stereocenters. The van der Waals surface area contributed by atoms with E-state index in [0.29, 0.717) is 16.8 Å². The first-order valence-electron chi connectivity index (χ1n) is 11.1. The van der Waals surface area contributed by atoms with Crippen molar-refractivity contribution < 1.29 is 9.90 Å². The molecule has 2 aromatic heterocycles. The largest absolute Gasteiger partial charge is 0.481 e. The highest BCUT2D eigenvalue weighted by Gasteiger charge is 2.16. The van der Waals surface area contributed by atoms with Gasteiger partial charge in [0.1, 0.15) is 0 Å². The summed E-state index contributed by atoms with van der Waals surface area (Å²) >= 11 is 0. The zero-order valence-corrected chi connectivity index (χ0v) is 18.7. The lowest BCUT2D eigenvalue weighted by Crippen LogP contribution is -2.40. The van der Waals surface area contributed by atoms with E-state index in [0.717, 1.165) is 33.0 Å². The van der Waals surface area contributed by atoms with Gasteiger partial charge >= 0.3 is 11.7 Å². The predicted molar refractivity (Wildman–Crippen MR) is 131 cm³/mol. The van der Waals surface area contributed by atoms with Crippen LogP contribution >= 0.6 is 0 Å². The molecule has 2 heterocycles. The molecule has 33 heavy (non-hydrogen) atoms. The van der Waals surface area contributed by atoms with Crippen LogP contribution in [-0.4, -0.2) is 25.2 Å². The van der Waals surface area contributed by atoms with Crippen molar-refractivity contribution in [1.82, 2.24) is 14.1 Å². The van der Waals surface area contributed by atoms with Crippen LogP contribution in [0.4, 0.5) is 0 Å². The summed E-state index contributed by atoms with van der Waals surface area (Å²) in [6.45, 7) is 4.35. The monoisotopic (exact) mass is 445 g/mol. The Hall–Kier alpha value is -3.87. The summed E-state index contributed by atoms with van der Waals surface area (Å²) in [7, 11) is 0. The van der Waals surface area contributed by atoms with Crippen LogP contribution in [-0.2, 0) is 17.9 Å². The van der Waals surface area contributed by atoms with Crippen molar-refractivity contribution in [2.75, 3.05) is 0 Å². The number of para-hydroxylation sites is 1. The molecular weight excluding hydrogens is 418 g/mol. The Labute approximate surface area is 190 Å². The fraction of sp³-hybridized carbons (Fsp3) is 0.269. The number of hydrogen-bond donors (Lipinski definition) is 2. The van der Waals surface area contributed by atoms with E-state index in [1.807, 2.05) is 42.6 Å². The molecule has 4 aromatic rings. The number of aliphatic carboxylic acids is 1. The van der Waals surface area contributed by atoms with Gasteiger partial charge in [0.25, 0.3) is 5.56 Å². The van der Waals surface area contributed by atoms with Crippen molar-refractivity contribution in [3.8, 4) is 0 Å². The highest BCUT2D eigenvalue weighted by Crippen LogP contribution is 2.20. The molecule has 0 saturated heterocycles. The average molecular weight is 446 g/mol. The number of aromatic amines is 1. The lowest BCUT2D eigenvalue weighted by Gasteiger charge is -2.14. The van der Waals surface area contributed by atoms with Gasteiger partial charge < -0.3 is 10.1 Å². The van der Waals surface area contributed by atoms with Gasteiger partial charge in [-0.2, -0.15) is 0 Å². The summed E-state index contributed by atoms with van der Waals surface area (Å²) in [6, 6.07) is 13.3. The van der Waals surface area contributed by atoms with E-state index < -0.39 is 17.2 Å². The molecule has 0 bridgehead atoms. The van der Waals surface area contributed by atoms with Gasteiger partial charge in [-0.3, -0.25) is 18.7 Å².